The Bertz CT molecular complexity index is 1070. The molecule has 0 radical (unpaired) electrons. The van der Waals surface area contributed by atoms with Gasteiger partial charge in [-0.3, -0.25) is 24.3 Å². The van der Waals surface area contributed by atoms with Crippen LogP contribution < -0.4 is 0 Å². The summed E-state index contributed by atoms with van der Waals surface area (Å²) in [5.74, 6) is -1.45. The number of fused-ring (bicyclic) bond motifs is 3. The summed E-state index contributed by atoms with van der Waals surface area (Å²) in [6, 6.07) is 12.4. The van der Waals surface area contributed by atoms with Crippen molar-refractivity contribution in [1.82, 2.24) is 4.57 Å². The Hall–Kier alpha value is -3.02. The molecule has 1 unspecified atom stereocenters. The second kappa shape index (κ2) is 5.24. The quantitative estimate of drug-likeness (QED) is 0.412. The molecule has 0 N–H and O–H groups in total. The molecule has 6 nitrogen and oxygen atoms in total. The van der Waals surface area contributed by atoms with E-state index in [-0.39, 0.29) is 12.0 Å². The highest BCUT2D eigenvalue weighted by atomic mass is 16.6. The minimum Gasteiger partial charge on any atom is -0.285 e. The first-order chi connectivity index (χ1) is 12.0. The predicted molar refractivity (Wildman–Crippen MR) is 93.7 cm³/mol. The average Bonchev–Trinajstić information content (AvgIpc) is 2.95. The summed E-state index contributed by atoms with van der Waals surface area (Å²) in [6.07, 6.45) is 1.01. The fraction of sp³-hybridized carbons (Fsp3) is 0.263. The summed E-state index contributed by atoms with van der Waals surface area (Å²) in [4.78, 5) is 37.6. The maximum atomic E-state index is 13.3. The molecule has 0 saturated heterocycles. The summed E-state index contributed by atoms with van der Waals surface area (Å²) in [6.45, 7) is 1.88. The number of unbranched alkanes of at least 4 members (excludes halogenated alkanes) is 1. The summed E-state index contributed by atoms with van der Waals surface area (Å²) in [5, 5.41) is 13.5. The molecule has 0 fully saturated rings. The van der Waals surface area contributed by atoms with Gasteiger partial charge in [0.2, 0.25) is 0 Å². The normalized spacial score (nSPS) is 19.7. The van der Waals surface area contributed by atoms with E-state index in [1.165, 1.54) is 4.57 Å². The van der Waals surface area contributed by atoms with Crippen LogP contribution >= 0.6 is 0 Å². The first kappa shape index (κ1) is 15.5. The van der Waals surface area contributed by atoms with E-state index in [1.54, 1.807) is 24.3 Å². The molecule has 3 aromatic rings. The van der Waals surface area contributed by atoms with Gasteiger partial charge in [-0.25, -0.2) is 0 Å². The summed E-state index contributed by atoms with van der Waals surface area (Å²) in [7, 11) is 0. The molecule has 1 aliphatic rings. The summed E-state index contributed by atoms with van der Waals surface area (Å²) >= 11 is 0. The minimum absolute atomic E-state index is 0.0868. The summed E-state index contributed by atoms with van der Waals surface area (Å²) < 4.78 is 1.37. The lowest BCUT2D eigenvalue weighted by Gasteiger charge is -2.27. The van der Waals surface area contributed by atoms with E-state index in [9.17, 15) is 19.7 Å². The number of hydrogen-bond acceptors (Lipinski definition) is 4. The van der Waals surface area contributed by atoms with Crippen molar-refractivity contribution in [1.29, 1.82) is 0 Å². The van der Waals surface area contributed by atoms with Gasteiger partial charge in [0, 0.05) is 22.1 Å². The van der Waals surface area contributed by atoms with Crippen LogP contribution in [-0.2, 0) is 0 Å². The standard InChI is InChI=1S/C19H16N2O4/c1-2-3-11-19(21(24)25)17(22)14-9-6-8-13-12-7-4-5-10-15(12)20(16(13)14)18(19)23/h4-10H,2-3,11H2,1H3. The molecule has 0 amide bonds. The van der Waals surface area contributed by atoms with Crippen LogP contribution in [0.3, 0.4) is 0 Å². The number of ketones is 1. The van der Waals surface area contributed by atoms with Gasteiger partial charge in [-0.1, -0.05) is 43.7 Å². The van der Waals surface area contributed by atoms with Crippen LogP contribution in [0.5, 0.6) is 0 Å². The Labute approximate surface area is 143 Å². The van der Waals surface area contributed by atoms with Gasteiger partial charge in [-0.05, 0) is 18.6 Å². The third kappa shape index (κ3) is 1.79. The van der Waals surface area contributed by atoms with Gasteiger partial charge in [0.05, 0.1) is 16.6 Å². The number of benzene rings is 2. The van der Waals surface area contributed by atoms with E-state index in [1.807, 2.05) is 25.1 Å². The predicted octanol–water partition coefficient (Wildman–Crippen LogP) is 3.84. The number of nitrogens with zero attached hydrogens (tertiary/aromatic N) is 2. The second-order valence-electron chi connectivity index (χ2n) is 6.41. The van der Waals surface area contributed by atoms with Crippen molar-refractivity contribution in [2.24, 2.45) is 0 Å². The van der Waals surface area contributed by atoms with Gasteiger partial charge in [-0.2, -0.15) is 0 Å². The van der Waals surface area contributed by atoms with E-state index in [2.05, 4.69) is 0 Å². The monoisotopic (exact) mass is 336 g/mol. The number of nitro groups is 1. The van der Waals surface area contributed by atoms with E-state index in [4.69, 9.17) is 0 Å². The van der Waals surface area contributed by atoms with Crippen molar-refractivity contribution in [3.8, 4) is 0 Å². The zero-order valence-corrected chi connectivity index (χ0v) is 13.7. The molecule has 2 heterocycles. The zero-order chi connectivity index (χ0) is 17.8. The number of aromatic nitrogens is 1. The molecule has 0 saturated carbocycles. The summed E-state index contributed by atoms with van der Waals surface area (Å²) in [5.41, 5.74) is -0.905. The van der Waals surface area contributed by atoms with Crippen molar-refractivity contribution in [3.05, 3.63) is 58.1 Å². The first-order valence-electron chi connectivity index (χ1n) is 8.30. The van der Waals surface area contributed by atoms with Crippen molar-refractivity contribution < 1.29 is 14.5 Å². The maximum absolute atomic E-state index is 13.3. The van der Waals surface area contributed by atoms with E-state index < -0.39 is 22.2 Å². The molecule has 1 aromatic heterocycles. The third-order valence-electron chi connectivity index (χ3n) is 5.08. The van der Waals surface area contributed by atoms with Gasteiger partial charge in [-0.15, -0.1) is 0 Å². The Balaban J connectivity index is 2.14. The number of para-hydroxylation sites is 2. The molecule has 0 bridgehead atoms. The highest BCUT2D eigenvalue weighted by Crippen LogP contribution is 2.40. The van der Waals surface area contributed by atoms with Gasteiger partial charge < -0.3 is 0 Å². The molecular weight excluding hydrogens is 320 g/mol. The van der Waals surface area contributed by atoms with Gasteiger partial charge in [0.25, 0.3) is 5.78 Å². The molecule has 4 rings (SSSR count). The zero-order valence-electron chi connectivity index (χ0n) is 13.7. The molecule has 25 heavy (non-hydrogen) atoms. The SMILES string of the molecule is CCCCC1([N+](=O)[O-])C(=O)c2cccc3c4ccccc4n(c23)C1=O. The average molecular weight is 336 g/mol. The van der Waals surface area contributed by atoms with Crippen LogP contribution in [0.15, 0.2) is 42.5 Å². The van der Waals surface area contributed by atoms with Gasteiger partial charge in [0.1, 0.15) is 0 Å². The van der Waals surface area contributed by atoms with Crippen LogP contribution in [-0.4, -0.2) is 26.7 Å². The molecular formula is C19H16N2O4. The highest BCUT2D eigenvalue weighted by Gasteiger charge is 2.61. The van der Waals surface area contributed by atoms with Gasteiger partial charge >= 0.3 is 11.4 Å². The van der Waals surface area contributed by atoms with E-state index in [0.717, 1.165) is 10.8 Å². The van der Waals surface area contributed by atoms with Crippen molar-refractivity contribution in [2.75, 3.05) is 0 Å². The van der Waals surface area contributed by atoms with Crippen molar-refractivity contribution in [2.45, 2.75) is 31.7 Å². The molecule has 1 atom stereocenters. The van der Waals surface area contributed by atoms with E-state index in [0.29, 0.717) is 23.9 Å². The molecule has 6 heteroatoms. The molecule has 0 spiro atoms. The molecule has 2 aromatic carbocycles. The van der Waals surface area contributed by atoms with Gasteiger partial charge in [0.15, 0.2) is 0 Å². The lowest BCUT2D eigenvalue weighted by Crippen LogP contribution is -2.57. The van der Waals surface area contributed by atoms with Crippen LogP contribution in [0, 0.1) is 10.1 Å². The number of carbonyl (C=O) groups excluding carboxylic acids is 2. The van der Waals surface area contributed by atoms with Crippen LogP contribution in [0.25, 0.3) is 21.8 Å². The van der Waals surface area contributed by atoms with Crippen molar-refractivity contribution >= 4 is 33.5 Å². The minimum atomic E-state index is -2.24. The van der Waals surface area contributed by atoms with Crippen LogP contribution in [0.2, 0.25) is 0 Å². The Morgan fingerprint density at radius 3 is 2.52 bits per heavy atom. The first-order valence-corrected chi connectivity index (χ1v) is 8.30. The number of carbonyl (C=O) groups is 2. The smallest absolute Gasteiger partial charge is 0.285 e. The Morgan fingerprint density at radius 1 is 1.08 bits per heavy atom. The maximum Gasteiger partial charge on any atom is 0.360 e. The second-order valence-corrected chi connectivity index (χ2v) is 6.41. The number of hydrogen-bond donors (Lipinski definition) is 0. The Morgan fingerprint density at radius 2 is 1.80 bits per heavy atom. The number of Topliss-reactive ketones (excluding diaryl/α,β-unsaturated/α-hetero) is 1. The van der Waals surface area contributed by atoms with Crippen LogP contribution in [0.4, 0.5) is 0 Å². The fourth-order valence-electron chi connectivity index (χ4n) is 3.82. The lowest BCUT2D eigenvalue weighted by atomic mass is 9.81. The molecule has 0 aliphatic carbocycles. The molecule has 1 aliphatic heterocycles. The fourth-order valence-corrected chi connectivity index (χ4v) is 3.82. The third-order valence-corrected chi connectivity index (χ3v) is 5.08. The Kier molecular flexibility index (Phi) is 3.25. The van der Waals surface area contributed by atoms with Crippen LogP contribution in [0.1, 0.15) is 41.3 Å². The highest BCUT2D eigenvalue weighted by molar-refractivity contribution is 6.31. The molecule has 126 valence electrons. The van der Waals surface area contributed by atoms with E-state index >= 15 is 0 Å². The number of rotatable bonds is 4. The lowest BCUT2D eigenvalue weighted by molar-refractivity contribution is -0.532. The largest absolute Gasteiger partial charge is 0.360 e. The topological polar surface area (TPSA) is 82.2 Å². The van der Waals surface area contributed by atoms with Crippen molar-refractivity contribution in [3.63, 3.8) is 0 Å².